The lowest BCUT2D eigenvalue weighted by atomic mass is 9.76. The Balaban J connectivity index is 2.92. The van der Waals surface area contributed by atoms with Gasteiger partial charge in [0.05, 0.1) is 5.92 Å². The van der Waals surface area contributed by atoms with E-state index >= 15 is 0 Å². The summed E-state index contributed by atoms with van der Waals surface area (Å²) in [7, 11) is 0. The topological polar surface area (TPSA) is 55.4 Å². The predicted molar refractivity (Wildman–Crippen MR) is 83.7 cm³/mol. The summed E-state index contributed by atoms with van der Waals surface area (Å²) in [4.78, 5) is 24.4. The van der Waals surface area contributed by atoms with Crippen LogP contribution >= 0.6 is 0 Å². The van der Waals surface area contributed by atoms with Crippen LogP contribution < -0.4 is 5.32 Å². The van der Waals surface area contributed by atoms with Gasteiger partial charge in [-0.1, -0.05) is 25.8 Å². The van der Waals surface area contributed by atoms with Gasteiger partial charge in [-0.3, -0.25) is 9.59 Å². The summed E-state index contributed by atoms with van der Waals surface area (Å²) in [6.07, 6.45) is 5.74. The van der Waals surface area contributed by atoms with Crippen molar-refractivity contribution in [3.8, 4) is 0 Å². The van der Waals surface area contributed by atoms with Crippen molar-refractivity contribution in [2.45, 2.75) is 71.4 Å². The molecule has 1 saturated heterocycles. The number of esters is 1. The minimum atomic E-state index is -0.507. The highest BCUT2D eigenvalue weighted by Gasteiger charge is 2.42. The highest BCUT2D eigenvalue weighted by atomic mass is 16.6. The molecule has 1 rings (SSSR count). The van der Waals surface area contributed by atoms with Crippen LogP contribution in [0.2, 0.25) is 0 Å². The Morgan fingerprint density at radius 1 is 1.48 bits per heavy atom. The van der Waals surface area contributed by atoms with Gasteiger partial charge in [-0.2, -0.15) is 0 Å². The van der Waals surface area contributed by atoms with Gasteiger partial charge in [-0.25, -0.2) is 0 Å². The predicted octanol–water partition coefficient (Wildman–Crippen LogP) is 3.22. The summed E-state index contributed by atoms with van der Waals surface area (Å²) in [6.45, 7) is 11.5. The van der Waals surface area contributed by atoms with Gasteiger partial charge in [0.15, 0.2) is 0 Å². The number of piperidine rings is 1. The third kappa shape index (κ3) is 5.52. The van der Waals surface area contributed by atoms with Gasteiger partial charge >= 0.3 is 5.97 Å². The van der Waals surface area contributed by atoms with Crippen LogP contribution in [0.1, 0.15) is 59.8 Å². The van der Waals surface area contributed by atoms with E-state index < -0.39 is 5.60 Å². The van der Waals surface area contributed by atoms with E-state index in [-0.39, 0.29) is 29.8 Å². The number of hydrogen-bond acceptors (Lipinski definition) is 3. The zero-order valence-electron chi connectivity index (χ0n) is 13.8. The van der Waals surface area contributed by atoms with Gasteiger partial charge in [-0.05, 0) is 39.5 Å². The van der Waals surface area contributed by atoms with Crippen molar-refractivity contribution in [2.75, 3.05) is 0 Å². The first-order chi connectivity index (χ1) is 9.78. The highest BCUT2D eigenvalue weighted by molar-refractivity contribution is 5.82. The van der Waals surface area contributed by atoms with Gasteiger partial charge in [0.1, 0.15) is 5.60 Å². The van der Waals surface area contributed by atoms with Crippen molar-refractivity contribution in [1.82, 2.24) is 5.32 Å². The smallest absolute Gasteiger partial charge is 0.311 e. The fourth-order valence-corrected chi connectivity index (χ4v) is 2.91. The third-order valence-electron chi connectivity index (χ3n) is 3.76. The minimum absolute atomic E-state index is 0.0303. The standard InChI is InChI=1S/C17H29NO3/c1-6-8-10-12-11-14(19)18-13(9-7-2)15(12)16(20)21-17(3,4)5/h7,12-13,15H,2,6,8-11H2,1,3-5H3,(H,18,19). The number of amides is 1. The molecule has 4 nitrogen and oxygen atoms in total. The minimum Gasteiger partial charge on any atom is -0.460 e. The zero-order valence-corrected chi connectivity index (χ0v) is 13.8. The van der Waals surface area contributed by atoms with Crippen molar-refractivity contribution in [3.05, 3.63) is 12.7 Å². The molecule has 21 heavy (non-hydrogen) atoms. The van der Waals surface area contributed by atoms with Crippen LogP contribution in [0.25, 0.3) is 0 Å². The Morgan fingerprint density at radius 3 is 2.67 bits per heavy atom. The summed E-state index contributed by atoms with van der Waals surface area (Å²) in [5.74, 6) is -0.372. The van der Waals surface area contributed by atoms with Crippen molar-refractivity contribution >= 4 is 11.9 Å². The SMILES string of the molecule is C=CCC1NC(=O)CC(CCCC)C1C(=O)OC(C)(C)C. The monoisotopic (exact) mass is 295 g/mol. The summed E-state index contributed by atoms with van der Waals surface area (Å²) >= 11 is 0. The molecule has 0 aromatic heterocycles. The number of carbonyl (C=O) groups is 2. The molecule has 3 atom stereocenters. The van der Waals surface area contributed by atoms with E-state index in [0.717, 1.165) is 19.3 Å². The Labute approximate surface area is 128 Å². The second-order valence-corrected chi connectivity index (χ2v) is 6.86. The van der Waals surface area contributed by atoms with Crippen molar-refractivity contribution in [2.24, 2.45) is 11.8 Å². The molecule has 1 heterocycles. The molecule has 0 spiro atoms. The molecule has 1 fully saturated rings. The fourth-order valence-electron chi connectivity index (χ4n) is 2.91. The molecule has 0 radical (unpaired) electrons. The second kappa shape index (κ2) is 7.62. The molecule has 1 aliphatic heterocycles. The number of unbranched alkanes of at least 4 members (excludes halogenated alkanes) is 1. The lowest BCUT2D eigenvalue weighted by Crippen LogP contribution is -2.53. The molecular weight excluding hydrogens is 266 g/mol. The van der Waals surface area contributed by atoms with Crippen molar-refractivity contribution in [1.29, 1.82) is 0 Å². The summed E-state index contributed by atoms with van der Waals surface area (Å²) in [5, 5.41) is 2.93. The molecule has 1 aliphatic rings. The molecule has 3 unspecified atom stereocenters. The van der Waals surface area contributed by atoms with E-state index in [2.05, 4.69) is 18.8 Å². The Morgan fingerprint density at radius 2 is 2.14 bits per heavy atom. The second-order valence-electron chi connectivity index (χ2n) is 6.86. The first-order valence-corrected chi connectivity index (χ1v) is 7.91. The molecule has 0 aromatic carbocycles. The van der Waals surface area contributed by atoms with E-state index in [1.165, 1.54) is 0 Å². The van der Waals surface area contributed by atoms with Gasteiger partial charge in [0, 0.05) is 12.5 Å². The molecular formula is C17H29NO3. The van der Waals surface area contributed by atoms with Crippen LogP contribution in [0.3, 0.4) is 0 Å². The highest BCUT2D eigenvalue weighted by Crippen LogP contribution is 2.32. The van der Waals surface area contributed by atoms with E-state index in [9.17, 15) is 9.59 Å². The first-order valence-electron chi connectivity index (χ1n) is 7.91. The van der Waals surface area contributed by atoms with E-state index in [4.69, 9.17) is 4.74 Å². The number of rotatable bonds is 6. The van der Waals surface area contributed by atoms with Crippen LogP contribution in [0, 0.1) is 11.8 Å². The van der Waals surface area contributed by atoms with Crippen LogP contribution in [-0.2, 0) is 14.3 Å². The molecule has 1 amide bonds. The van der Waals surface area contributed by atoms with Crippen LogP contribution in [0.5, 0.6) is 0 Å². The molecule has 0 bridgehead atoms. The first kappa shape index (κ1) is 17.7. The quantitative estimate of drug-likeness (QED) is 0.604. The van der Waals surface area contributed by atoms with Crippen LogP contribution in [0.4, 0.5) is 0 Å². The maximum Gasteiger partial charge on any atom is 0.311 e. The summed E-state index contributed by atoms with van der Waals surface area (Å²) in [6, 6.07) is -0.194. The number of nitrogens with one attached hydrogen (secondary N) is 1. The molecule has 1 N–H and O–H groups in total. The lowest BCUT2D eigenvalue weighted by Gasteiger charge is -2.38. The van der Waals surface area contributed by atoms with Crippen LogP contribution in [0.15, 0.2) is 12.7 Å². The number of hydrogen-bond donors (Lipinski definition) is 1. The summed E-state index contributed by atoms with van der Waals surface area (Å²) < 4.78 is 5.57. The van der Waals surface area contributed by atoms with Gasteiger partial charge in [-0.15, -0.1) is 6.58 Å². The molecule has 120 valence electrons. The van der Waals surface area contributed by atoms with Crippen molar-refractivity contribution in [3.63, 3.8) is 0 Å². The van der Waals surface area contributed by atoms with Gasteiger partial charge < -0.3 is 10.1 Å². The average Bonchev–Trinajstić information content (AvgIpc) is 2.33. The Hall–Kier alpha value is -1.32. The number of ether oxygens (including phenoxy) is 1. The lowest BCUT2D eigenvalue weighted by molar-refractivity contribution is -0.165. The van der Waals surface area contributed by atoms with Gasteiger partial charge in [0.25, 0.3) is 0 Å². The van der Waals surface area contributed by atoms with Crippen LogP contribution in [-0.4, -0.2) is 23.5 Å². The molecule has 0 aromatic rings. The van der Waals surface area contributed by atoms with Gasteiger partial charge in [0.2, 0.25) is 5.91 Å². The molecule has 0 saturated carbocycles. The maximum absolute atomic E-state index is 12.6. The maximum atomic E-state index is 12.6. The zero-order chi connectivity index (χ0) is 16.0. The normalized spacial score (nSPS) is 26.1. The Kier molecular flexibility index (Phi) is 6.43. The largest absolute Gasteiger partial charge is 0.460 e. The van der Waals surface area contributed by atoms with E-state index in [0.29, 0.717) is 12.8 Å². The average molecular weight is 295 g/mol. The fraction of sp³-hybridized carbons (Fsp3) is 0.765. The molecule has 0 aliphatic carbocycles. The van der Waals surface area contributed by atoms with Crippen molar-refractivity contribution < 1.29 is 14.3 Å². The summed E-state index contributed by atoms with van der Waals surface area (Å²) in [5.41, 5.74) is -0.507. The third-order valence-corrected chi connectivity index (χ3v) is 3.76. The Bertz CT molecular complexity index is 384. The number of carbonyl (C=O) groups excluding carboxylic acids is 2. The van der Waals surface area contributed by atoms with E-state index in [1.54, 1.807) is 6.08 Å². The van der Waals surface area contributed by atoms with E-state index in [1.807, 2.05) is 20.8 Å². The molecule has 4 heteroatoms.